The maximum absolute atomic E-state index is 5.33. The fourth-order valence-corrected chi connectivity index (χ4v) is 2.37. The van der Waals surface area contributed by atoms with Crippen LogP contribution in [-0.2, 0) is 31.5 Å². The molecule has 0 fully saturated rings. The van der Waals surface area contributed by atoms with Crippen LogP contribution in [0.2, 0.25) is 0 Å². The molecular weight excluding hydrogens is 266 g/mol. The number of aryl methyl sites for hydroxylation is 2. The fraction of sp³-hybridized carbons (Fsp3) is 0.438. The standard InChI is InChI=1S/C16H23N3O2/c1-12-15(10-19(2)18-12)9-17-8-13-5-6-16(21-4)14(7-13)11-20-3/h5-7,10,17H,8-9,11H2,1-4H3. The van der Waals surface area contributed by atoms with Crippen LogP contribution in [0.25, 0.3) is 0 Å². The number of hydrogen-bond acceptors (Lipinski definition) is 4. The summed E-state index contributed by atoms with van der Waals surface area (Å²) in [6.45, 7) is 4.19. The van der Waals surface area contributed by atoms with E-state index in [4.69, 9.17) is 9.47 Å². The number of methoxy groups -OCH3 is 2. The fourth-order valence-electron chi connectivity index (χ4n) is 2.37. The van der Waals surface area contributed by atoms with Gasteiger partial charge >= 0.3 is 0 Å². The smallest absolute Gasteiger partial charge is 0.124 e. The van der Waals surface area contributed by atoms with Crippen molar-refractivity contribution in [3.8, 4) is 5.75 Å². The molecule has 0 aliphatic heterocycles. The Bertz CT molecular complexity index is 593. The van der Waals surface area contributed by atoms with Crippen LogP contribution in [-0.4, -0.2) is 24.0 Å². The van der Waals surface area contributed by atoms with Crippen LogP contribution in [0.3, 0.4) is 0 Å². The van der Waals surface area contributed by atoms with Gasteiger partial charge in [-0.1, -0.05) is 6.07 Å². The molecule has 0 amide bonds. The molecular formula is C16H23N3O2. The van der Waals surface area contributed by atoms with E-state index in [1.165, 1.54) is 11.1 Å². The molecule has 0 radical (unpaired) electrons. The third-order valence-electron chi connectivity index (χ3n) is 3.40. The second kappa shape index (κ2) is 7.24. The van der Waals surface area contributed by atoms with Crippen LogP contribution in [0.4, 0.5) is 0 Å². The molecule has 0 atom stereocenters. The molecule has 0 saturated heterocycles. The Kier molecular flexibility index (Phi) is 5.36. The van der Waals surface area contributed by atoms with E-state index in [9.17, 15) is 0 Å². The van der Waals surface area contributed by atoms with Crippen molar-refractivity contribution in [2.24, 2.45) is 7.05 Å². The molecule has 5 heteroatoms. The van der Waals surface area contributed by atoms with Gasteiger partial charge in [-0.15, -0.1) is 0 Å². The Morgan fingerprint density at radius 3 is 2.62 bits per heavy atom. The highest BCUT2D eigenvalue weighted by atomic mass is 16.5. The first-order valence-electron chi connectivity index (χ1n) is 6.98. The van der Waals surface area contributed by atoms with Gasteiger partial charge in [0.15, 0.2) is 0 Å². The normalized spacial score (nSPS) is 10.9. The number of aromatic nitrogens is 2. The number of nitrogens with one attached hydrogen (secondary N) is 1. The second-order valence-corrected chi connectivity index (χ2v) is 5.10. The monoisotopic (exact) mass is 289 g/mol. The first kappa shape index (κ1) is 15.5. The maximum Gasteiger partial charge on any atom is 0.124 e. The lowest BCUT2D eigenvalue weighted by atomic mass is 10.1. The minimum absolute atomic E-state index is 0.554. The van der Waals surface area contributed by atoms with E-state index in [1.807, 2.05) is 30.9 Å². The molecule has 1 N–H and O–H groups in total. The molecule has 0 bridgehead atoms. The average Bonchev–Trinajstić information content (AvgIpc) is 2.78. The van der Waals surface area contributed by atoms with E-state index >= 15 is 0 Å². The van der Waals surface area contributed by atoms with E-state index in [0.29, 0.717) is 6.61 Å². The van der Waals surface area contributed by atoms with Gasteiger partial charge in [0.25, 0.3) is 0 Å². The van der Waals surface area contributed by atoms with Crippen molar-refractivity contribution >= 4 is 0 Å². The highest BCUT2D eigenvalue weighted by Crippen LogP contribution is 2.20. The lowest BCUT2D eigenvalue weighted by Crippen LogP contribution is -2.13. The topological polar surface area (TPSA) is 48.3 Å². The van der Waals surface area contributed by atoms with Crippen LogP contribution >= 0.6 is 0 Å². The van der Waals surface area contributed by atoms with Crippen LogP contribution in [0.15, 0.2) is 24.4 Å². The Hall–Kier alpha value is -1.85. The summed E-state index contributed by atoms with van der Waals surface area (Å²) >= 11 is 0. The molecule has 0 aliphatic rings. The van der Waals surface area contributed by atoms with Crippen molar-refractivity contribution in [3.05, 3.63) is 46.8 Å². The van der Waals surface area contributed by atoms with E-state index in [0.717, 1.165) is 30.1 Å². The summed E-state index contributed by atoms with van der Waals surface area (Å²) in [6.07, 6.45) is 2.05. The molecule has 2 rings (SSSR count). The molecule has 114 valence electrons. The predicted molar refractivity (Wildman–Crippen MR) is 82.2 cm³/mol. The molecule has 0 aliphatic carbocycles. The summed E-state index contributed by atoms with van der Waals surface area (Å²) in [5.41, 5.74) is 4.57. The Balaban J connectivity index is 1.96. The quantitative estimate of drug-likeness (QED) is 0.848. The van der Waals surface area contributed by atoms with Gasteiger partial charge in [-0.3, -0.25) is 4.68 Å². The Morgan fingerprint density at radius 2 is 2.00 bits per heavy atom. The first-order chi connectivity index (χ1) is 10.1. The summed E-state index contributed by atoms with van der Waals surface area (Å²) in [6, 6.07) is 6.17. The first-order valence-corrected chi connectivity index (χ1v) is 6.98. The molecule has 1 heterocycles. The third kappa shape index (κ3) is 4.06. The van der Waals surface area contributed by atoms with Gasteiger partial charge in [0.2, 0.25) is 0 Å². The zero-order valence-corrected chi connectivity index (χ0v) is 13.1. The lowest BCUT2D eigenvalue weighted by Gasteiger charge is -2.11. The number of rotatable bonds is 7. The summed E-state index contributed by atoms with van der Waals surface area (Å²) in [5.74, 6) is 0.865. The Morgan fingerprint density at radius 1 is 1.19 bits per heavy atom. The summed E-state index contributed by atoms with van der Waals surface area (Å²) < 4.78 is 12.4. The molecule has 0 unspecified atom stereocenters. The van der Waals surface area contributed by atoms with Gasteiger partial charge in [0, 0.05) is 44.6 Å². The zero-order valence-electron chi connectivity index (χ0n) is 13.1. The van der Waals surface area contributed by atoms with Crippen molar-refractivity contribution in [3.63, 3.8) is 0 Å². The minimum Gasteiger partial charge on any atom is -0.496 e. The molecule has 1 aromatic heterocycles. The molecule has 0 spiro atoms. The van der Waals surface area contributed by atoms with Crippen molar-refractivity contribution in [2.75, 3.05) is 14.2 Å². The number of nitrogens with zero attached hydrogens (tertiary/aromatic N) is 2. The van der Waals surface area contributed by atoms with Gasteiger partial charge in [-0.05, 0) is 24.6 Å². The van der Waals surface area contributed by atoms with Crippen LogP contribution in [0.1, 0.15) is 22.4 Å². The maximum atomic E-state index is 5.33. The van der Waals surface area contributed by atoms with Crippen molar-refractivity contribution in [1.29, 1.82) is 0 Å². The van der Waals surface area contributed by atoms with Crippen LogP contribution in [0.5, 0.6) is 5.75 Å². The van der Waals surface area contributed by atoms with E-state index in [2.05, 4.69) is 22.5 Å². The van der Waals surface area contributed by atoms with E-state index < -0.39 is 0 Å². The molecule has 5 nitrogen and oxygen atoms in total. The van der Waals surface area contributed by atoms with Crippen LogP contribution in [0, 0.1) is 6.92 Å². The number of ether oxygens (including phenoxy) is 2. The van der Waals surface area contributed by atoms with Gasteiger partial charge in [0.1, 0.15) is 5.75 Å². The number of hydrogen-bond donors (Lipinski definition) is 1. The molecule has 21 heavy (non-hydrogen) atoms. The minimum atomic E-state index is 0.554. The summed E-state index contributed by atoms with van der Waals surface area (Å²) in [5, 5.41) is 7.79. The largest absolute Gasteiger partial charge is 0.496 e. The summed E-state index contributed by atoms with van der Waals surface area (Å²) in [7, 11) is 5.31. The highest BCUT2D eigenvalue weighted by molar-refractivity contribution is 5.37. The van der Waals surface area contributed by atoms with Crippen molar-refractivity contribution < 1.29 is 9.47 Å². The van der Waals surface area contributed by atoms with Crippen molar-refractivity contribution in [2.45, 2.75) is 26.6 Å². The van der Waals surface area contributed by atoms with Gasteiger partial charge in [-0.25, -0.2) is 0 Å². The third-order valence-corrected chi connectivity index (χ3v) is 3.40. The van der Waals surface area contributed by atoms with E-state index in [-0.39, 0.29) is 0 Å². The van der Waals surface area contributed by atoms with Crippen molar-refractivity contribution in [1.82, 2.24) is 15.1 Å². The summed E-state index contributed by atoms with van der Waals surface area (Å²) in [4.78, 5) is 0. The van der Waals surface area contributed by atoms with Gasteiger partial charge in [-0.2, -0.15) is 5.10 Å². The SMILES string of the molecule is COCc1cc(CNCc2cn(C)nc2C)ccc1OC. The number of benzene rings is 1. The second-order valence-electron chi connectivity index (χ2n) is 5.10. The molecule has 1 aromatic carbocycles. The Labute approximate surface area is 125 Å². The average molecular weight is 289 g/mol. The van der Waals surface area contributed by atoms with Gasteiger partial charge in [0.05, 0.1) is 19.4 Å². The predicted octanol–water partition coefficient (Wildman–Crippen LogP) is 2.17. The molecule has 0 saturated carbocycles. The van der Waals surface area contributed by atoms with E-state index in [1.54, 1.807) is 14.2 Å². The zero-order chi connectivity index (χ0) is 15.2. The molecule has 2 aromatic rings. The lowest BCUT2D eigenvalue weighted by molar-refractivity contribution is 0.181. The van der Waals surface area contributed by atoms with Crippen LogP contribution < -0.4 is 10.1 Å². The van der Waals surface area contributed by atoms with Gasteiger partial charge < -0.3 is 14.8 Å². The highest BCUT2D eigenvalue weighted by Gasteiger charge is 2.05.